The van der Waals surface area contributed by atoms with E-state index in [9.17, 15) is 5.11 Å². The van der Waals surface area contributed by atoms with Crippen LogP contribution in [0.4, 0.5) is 0 Å². The van der Waals surface area contributed by atoms with E-state index in [4.69, 9.17) is 0 Å². The van der Waals surface area contributed by atoms with Crippen molar-refractivity contribution in [1.29, 1.82) is 0 Å². The highest BCUT2D eigenvalue weighted by Gasteiger charge is 2.21. The lowest BCUT2D eigenvalue weighted by Gasteiger charge is -2.26. The summed E-state index contributed by atoms with van der Waals surface area (Å²) in [5.74, 6) is 0. The first-order valence-electron chi connectivity index (χ1n) is 9.08. The van der Waals surface area contributed by atoms with Gasteiger partial charge in [0, 0.05) is 13.1 Å². The summed E-state index contributed by atoms with van der Waals surface area (Å²) in [6, 6.07) is 15.1. The normalized spacial score (nSPS) is 12.7. The van der Waals surface area contributed by atoms with Gasteiger partial charge in [-0.15, -0.1) is 0 Å². The van der Waals surface area contributed by atoms with Gasteiger partial charge in [0.1, 0.15) is 0 Å². The standard InChI is InChI=1S/C23H33NO/c1-17-9-8-10-21(23(5,6)25)20(17)16-24(7)15-18-11-13-19(14-12-18)22(2,3)4/h8-14,25H,15-16H2,1-7H3. The van der Waals surface area contributed by atoms with E-state index >= 15 is 0 Å². The molecule has 0 saturated carbocycles. The summed E-state index contributed by atoms with van der Waals surface area (Å²) in [7, 11) is 2.14. The largest absolute Gasteiger partial charge is 0.386 e. The Morgan fingerprint density at radius 2 is 1.48 bits per heavy atom. The minimum atomic E-state index is -0.823. The first kappa shape index (κ1) is 19.7. The van der Waals surface area contributed by atoms with Crippen molar-refractivity contribution in [3.8, 4) is 0 Å². The highest BCUT2D eigenvalue weighted by atomic mass is 16.3. The molecule has 0 saturated heterocycles. The van der Waals surface area contributed by atoms with Crippen molar-refractivity contribution in [3.05, 3.63) is 70.3 Å². The predicted octanol–water partition coefficient (Wildman–Crippen LogP) is 5.15. The van der Waals surface area contributed by atoms with E-state index in [1.54, 1.807) is 0 Å². The van der Waals surface area contributed by atoms with E-state index in [0.29, 0.717) is 0 Å². The van der Waals surface area contributed by atoms with Crippen LogP contribution in [0.15, 0.2) is 42.5 Å². The van der Waals surface area contributed by atoms with Crippen molar-refractivity contribution in [2.45, 2.75) is 65.6 Å². The van der Waals surface area contributed by atoms with Crippen LogP contribution in [-0.4, -0.2) is 17.1 Å². The zero-order chi connectivity index (χ0) is 18.8. The second kappa shape index (κ2) is 7.31. The van der Waals surface area contributed by atoms with Gasteiger partial charge in [0.2, 0.25) is 0 Å². The molecule has 2 aromatic carbocycles. The summed E-state index contributed by atoms with van der Waals surface area (Å²) in [5, 5.41) is 10.5. The molecule has 0 unspecified atom stereocenters. The molecule has 136 valence electrons. The summed E-state index contributed by atoms with van der Waals surface area (Å²) in [4.78, 5) is 2.31. The van der Waals surface area contributed by atoms with Crippen molar-refractivity contribution in [1.82, 2.24) is 4.90 Å². The van der Waals surface area contributed by atoms with Crippen molar-refractivity contribution < 1.29 is 5.11 Å². The Hall–Kier alpha value is -1.64. The molecule has 0 spiro atoms. The number of aryl methyl sites for hydroxylation is 1. The van der Waals surface area contributed by atoms with Gasteiger partial charge in [-0.1, -0.05) is 63.2 Å². The van der Waals surface area contributed by atoms with Gasteiger partial charge in [0.05, 0.1) is 5.60 Å². The highest BCUT2D eigenvalue weighted by molar-refractivity contribution is 5.37. The fourth-order valence-corrected chi connectivity index (χ4v) is 3.23. The van der Waals surface area contributed by atoms with Gasteiger partial charge in [-0.25, -0.2) is 0 Å². The third-order valence-electron chi connectivity index (χ3n) is 4.77. The average Bonchev–Trinajstić information content (AvgIpc) is 2.47. The average molecular weight is 340 g/mol. The molecule has 0 radical (unpaired) electrons. The molecule has 2 nitrogen and oxygen atoms in total. The number of aliphatic hydroxyl groups is 1. The molecule has 2 rings (SSSR count). The smallest absolute Gasteiger partial charge is 0.0843 e. The van der Waals surface area contributed by atoms with Gasteiger partial charge in [-0.2, -0.15) is 0 Å². The second-order valence-electron chi connectivity index (χ2n) is 8.78. The summed E-state index contributed by atoms with van der Waals surface area (Å²) in [6.07, 6.45) is 0. The number of hydrogen-bond acceptors (Lipinski definition) is 2. The van der Waals surface area contributed by atoms with E-state index in [0.717, 1.165) is 18.7 Å². The molecular formula is C23H33NO. The Kier molecular flexibility index (Phi) is 5.75. The molecule has 1 N–H and O–H groups in total. The fraction of sp³-hybridized carbons (Fsp3) is 0.478. The lowest BCUT2D eigenvalue weighted by atomic mass is 9.86. The van der Waals surface area contributed by atoms with Gasteiger partial charge in [-0.3, -0.25) is 4.90 Å². The van der Waals surface area contributed by atoms with E-state index < -0.39 is 5.60 Å². The first-order chi connectivity index (χ1) is 11.5. The minimum Gasteiger partial charge on any atom is -0.386 e. The van der Waals surface area contributed by atoms with Crippen LogP contribution in [0.2, 0.25) is 0 Å². The van der Waals surface area contributed by atoms with Crippen molar-refractivity contribution in [2.75, 3.05) is 7.05 Å². The molecule has 0 bridgehead atoms. The number of nitrogens with zero attached hydrogens (tertiary/aromatic N) is 1. The number of benzene rings is 2. The molecule has 0 aliphatic heterocycles. The second-order valence-corrected chi connectivity index (χ2v) is 8.78. The maximum Gasteiger partial charge on any atom is 0.0843 e. The maximum atomic E-state index is 10.5. The molecule has 0 atom stereocenters. The fourth-order valence-electron chi connectivity index (χ4n) is 3.23. The Labute approximate surface area is 153 Å². The van der Waals surface area contributed by atoms with Crippen LogP contribution in [0.25, 0.3) is 0 Å². The number of hydrogen-bond donors (Lipinski definition) is 1. The third-order valence-corrected chi connectivity index (χ3v) is 4.77. The van der Waals surface area contributed by atoms with E-state index in [2.05, 4.69) is 70.0 Å². The van der Waals surface area contributed by atoms with Crippen molar-refractivity contribution in [2.24, 2.45) is 0 Å². The quantitative estimate of drug-likeness (QED) is 0.814. The van der Waals surface area contributed by atoms with Crippen LogP contribution in [0.1, 0.15) is 62.4 Å². The van der Waals surface area contributed by atoms with Crippen LogP contribution in [0.5, 0.6) is 0 Å². The topological polar surface area (TPSA) is 23.5 Å². The Morgan fingerprint density at radius 3 is 2.00 bits per heavy atom. The third kappa shape index (κ3) is 5.17. The van der Waals surface area contributed by atoms with Crippen LogP contribution >= 0.6 is 0 Å². The summed E-state index contributed by atoms with van der Waals surface area (Å²) >= 11 is 0. The molecule has 0 aliphatic rings. The van der Waals surface area contributed by atoms with Gasteiger partial charge < -0.3 is 5.11 Å². The SMILES string of the molecule is Cc1cccc(C(C)(C)O)c1CN(C)Cc1ccc(C(C)(C)C)cc1. The Morgan fingerprint density at radius 1 is 0.880 bits per heavy atom. The molecule has 0 aromatic heterocycles. The predicted molar refractivity (Wildman–Crippen MR) is 107 cm³/mol. The monoisotopic (exact) mass is 339 g/mol. The van der Waals surface area contributed by atoms with Crippen LogP contribution < -0.4 is 0 Å². The molecule has 25 heavy (non-hydrogen) atoms. The lowest BCUT2D eigenvalue weighted by molar-refractivity contribution is 0.0767. The highest BCUT2D eigenvalue weighted by Crippen LogP contribution is 2.27. The van der Waals surface area contributed by atoms with Gasteiger partial charge in [-0.05, 0) is 61.1 Å². The Bertz CT molecular complexity index is 702. The van der Waals surface area contributed by atoms with Gasteiger partial charge in [0.25, 0.3) is 0 Å². The van der Waals surface area contributed by atoms with Crippen molar-refractivity contribution in [3.63, 3.8) is 0 Å². The molecule has 0 aliphatic carbocycles. The van der Waals surface area contributed by atoms with Gasteiger partial charge in [0.15, 0.2) is 0 Å². The summed E-state index contributed by atoms with van der Waals surface area (Å²) < 4.78 is 0. The Balaban J connectivity index is 2.15. The summed E-state index contributed by atoms with van der Waals surface area (Å²) in [5.41, 5.74) is 5.51. The molecule has 0 fully saturated rings. The van der Waals surface area contributed by atoms with Crippen LogP contribution in [-0.2, 0) is 24.1 Å². The van der Waals surface area contributed by atoms with E-state index in [1.165, 1.54) is 22.3 Å². The number of rotatable bonds is 5. The molecule has 0 heterocycles. The van der Waals surface area contributed by atoms with E-state index in [-0.39, 0.29) is 5.41 Å². The van der Waals surface area contributed by atoms with Crippen molar-refractivity contribution >= 4 is 0 Å². The molecule has 2 heteroatoms. The maximum absolute atomic E-state index is 10.5. The first-order valence-corrected chi connectivity index (χ1v) is 9.08. The zero-order valence-corrected chi connectivity index (χ0v) is 16.9. The molecular weight excluding hydrogens is 306 g/mol. The minimum absolute atomic E-state index is 0.188. The van der Waals surface area contributed by atoms with Crippen LogP contribution in [0.3, 0.4) is 0 Å². The lowest BCUT2D eigenvalue weighted by Crippen LogP contribution is -2.24. The molecule has 2 aromatic rings. The van der Waals surface area contributed by atoms with Crippen LogP contribution in [0, 0.1) is 6.92 Å². The summed E-state index contributed by atoms with van der Waals surface area (Å²) in [6.45, 7) is 14.3. The zero-order valence-electron chi connectivity index (χ0n) is 16.9. The van der Waals surface area contributed by atoms with E-state index in [1.807, 2.05) is 26.0 Å². The molecule has 0 amide bonds. The van der Waals surface area contributed by atoms with Gasteiger partial charge >= 0.3 is 0 Å².